The molecule has 0 heterocycles. The van der Waals surface area contributed by atoms with Gasteiger partial charge in [0.1, 0.15) is 0 Å². The highest BCUT2D eigenvalue weighted by Crippen LogP contribution is 2.30. The van der Waals surface area contributed by atoms with Crippen molar-refractivity contribution in [2.24, 2.45) is 5.92 Å². The van der Waals surface area contributed by atoms with Gasteiger partial charge in [0.05, 0.1) is 6.10 Å². The fourth-order valence-electron chi connectivity index (χ4n) is 1.33. The van der Waals surface area contributed by atoms with Gasteiger partial charge < -0.3 is 10.2 Å². The maximum absolute atomic E-state index is 11.0. The van der Waals surface area contributed by atoms with Crippen molar-refractivity contribution < 1.29 is 23.2 Å². The van der Waals surface area contributed by atoms with Crippen molar-refractivity contribution in [1.82, 2.24) is 0 Å². The van der Waals surface area contributed by atoms with Crippen LogP contribution in [0.25, 0.3) is 0 Å². The molecular weight excluding hydrogens is 208 g/mol. The molecule has 0 amide bonds. The molecule has 0 saturated carbocycles. The van der Waals surface area contributed by atoms with Crippen molar-refractivity contribution in [3.8, 4) is 0 Å². The zero-order chi connectivity index (χ0) is 11.6. The molecule has 0 spiro atoms. The van der Waals surface area contributed by atoms with Gasteiger partial charge >= 0.3 is 0 Å². The Hall–Kier alpha value is -0.170. The van der Waals surface area contributed by atoms with Crippen molar-refractivity contribution in [1.29, 1.82) is 0 Å². The number of hydrogen-bond donors (Lipinski definition) is 3. The Labute approximate surface area is 84.5 Å². The Kier molecular flexibility index (Phi) is 4.51. The normalized spacial score (nSPS) is 21.3. The lowest BCUT2D eigenvalue weighted by atomic mass is 9.95. The van der Waals surface area contributed by atoms with Crippen LogP contribution in [0.4, 0.5) is 0 Å². The molecular formula is C8H18O5S. The monoisotopic (exact) mass is 226 g/mol. The van der Waals surface area contributed by atoms with E-state index in [1.54, 1.807) is 6.92 Å². The second-order valence-electron chi connectivity index (χ2n) is 3.60. The number of hydrogen-bond acceptors (Lipinski definition) is 4. The van der Waals surface area contributed by atoms with E-state index < -0.39 is 27.1 Å². The first-order valence-corrected chi connectivity index (χ1v) is 5.98. The van der Waals surface area contributed by atoms with Crippen LogP contribution in [0.1, 0.15) is 33.6 Å². The van der Waals surface area contributed by atoms with Crippen molar-refractivity contribution >= 4 is 10.1 Å². The van der Waals surface area contributed by atoms with Crippen LogP contribution < -0.4 is 0 Å². The molecule has 0 radical (unpaired) electrons. The van der Waals surface area contributed by atoms with E-state index in [0.29, 0.717) is 6.42 Å². The van der Waals surface area contributed by atoms with Gasteiger partial charge in [0.15, 0.2) is 4.93 Å². The van der Waals surface area contributed by atoms with Gasteiger partial charge in [-0.3, -0.25) is 4.55 Å². The summed E-state index contributed by atoms with van der Waals surface area (Å²) in [5.41, 5.74) is 0. The molecule has 0 bridgehead atoms. The third-order valence-corrected chi connectivity index (χ3v) is 3.96. The van der Waals surface area contributed by atoms with Crippen LogP contribution in [0, 0.1) is 5.92 Å². The highest BCUT2D eigenvalue weighted by molar-refractivity contribution is 7.87. The molecule has 3 unspecified atom stereocenters. The Bertz CT molecular complexity index is 271. The molecule has 0 aliphatic heterocycles. The summed E-state index contributed by atoms with van der Waals surface area (Å²) in [6, 6.07) is 0. The zero-order valence-electron chi connectivity index (χ0n) is 8.64. The van der Waals surface area contributed by atoms with Crippen molar-refractivity contribution in [3.63, 3.8) is 0 Å². The molecule has 0 aliphatic carbocycles. The van der Waals surface area contributed by atoms with Gasteiger partial charge in [-0.15, -0.1) is 0 Å². The Morgan fingerprint density at radius 1 is 1.36 bits per heavy atom. The molecule has 0 fully saturated rings. The van der Waals surface area contributed by atoms with E-state index in [0.717, 1.165) is 0 Å². The second-order valence-corrected chi connectivity index (χ2v) is 5.26. The van der Waals surface area contributed by atoms with Crippen molar-refractivity contribution in [2.45, 2.75) is 44.6 Å². The van der Waals surface area contributed by atoms with E-state index in [4.69, 9.17) is 4.55 Å². The van der Waals surface area contributed by atoms with Crippen LogP contribution in [-0.2, 0) is 10.1 Å². The van der Waals surface area contributed by atoms with Crippen LogP contribution >= 0.6 is 0 Å². The lowest BCUT2D eigenvalue weighted by Gasteiger charge is -2.32. The van der Waals surface area contributed by atoms with Crippen molar-refractivity contribution in [2.75, 3.05) is 0 Å². The molecule has 0 saturated heterocycles. The molecule has 0 aromatic rings. The van der Waals surface area contributed by atoms with Gasteiger partial charge in [0, 0.05) is 5.92 Å². The summed E-state index contributed by atoms with van der Waals surface area (Å²) in [7, 11) is -4.58. The number of rotatable bonds is 5. The first-order valence-electron chi connectivity index (χ1n) is 4.54. The average Bonchev–Trinajstić information content (AvgIpc) is 2.01. The van der Waals surface area contributed by atoms with Gasteiger partial charge in [-0.1, -0.05) is 20.3 Å². The van der Waals surface area contributed by atoms with Gasteiger partial charge in [-0.25, -0.2) is 0 Å². The second kappa shape index (κ2) is 4.57. The fraction of sp³-hybridized carbons (Fsp3) is 1.00. The van der Waals surface area contributed by atoms with Gasteiger partial charge in [-0.2, -0.15) is 8.42 Å². The van der Waals surface area contributed by atoms with Crippen LogP contribution in [0.5, 0.6) is 0 Å². The number of aliphatic hydroxyl groups excluding tert-OH is 1. The fourth-order valence-corrected chi connectivity index (χ4v) is 2.46. The average molecular weight is 226 g/mol. The third kappa shape index (κ3) is 2.66. The summed E-state index contributed by atoms with van der Waals surface area (Å²) in [4.78, 5) is -2.25. The summed E-state index contributed by atoms with van der Waals surface area (Å²) in [5, 5.41) is 19.0. The molecule has 14 heavy (non-hydrogen) atoms. The first-order chi connectivity index (χ1) is 6.16. The van der Waals surface area contributed by atoms with E-state index >= 15 is 0 Å². The molecule has 6 heteroatoms. The van der Waals surface area contributed by atoms with Gasteiger partial charge in [0.25, 0.3) is 10.1 Å². The van der Waals surface area contributed by atoms with E-state index in [-0.39, 0.29) is 6.42 Å². The highest BCUT2D eigenvalue weighted by Gasteiger charge is 2.46. The minimum absolute atomic E-state index is 0.0993. The summed E-state index contributed by atoms with van der Waals surface area (Å²) in [5.74, 6) is -0.933. The Balaban J connectivity index is 5.11. The molecule has 0 aliphatic rings. The van der Waals surface area contributed by atoms with E-state index in [9.17, 15) is 18.6 Å². The van der Waals surface area contributed by atoms with Crippen LogP contribution in [0.3, 0.4) is 0 Å². The van der Waals surface area contributed by atoms with E-state index in [1.807, 2.05) is 0 Å². The Morgan fingerprint density at radius 3 is 2.00 bits per heavy atom. The van der Waals surface area contributed by atoms with Gasteiger partial charge in [-0.05, 0) is 13.3 Å². The largest absolute Gasteiger partial charge is 0.393 e. The summed E-state index contributed by atoms with van der Waals surface area (Å²) >= 11 is 0. The molecule has 3 N–H and O–H groups in total. The lowest BCUT2D eigenvalue weighted by Crippen LogP contribution is -2.48. The predicted octanol–water partition coefficient (Wildman–Crippen LogP) is 0.380. The smallest absolute Gasteiger partial charge is 0.295 e. The zero-order valence-corrected chi connectivity index (χ0v) is 9.45. The number of aliphatic hydroxyl groups is 2. The van der Waals surface area contributed by atoms with Gasteiger partial charge in [0.2, 0.25) is 0 Å². The van der Waals surface area contributed by atoms with E-state index in [1.165, 1.54) is 13.8 Å². The standard InChI is InChI=1S/C8H18O5S/c1-4-5-8(10,14(11,12)13)6(2)7(3)9/h6-7,9-10H,4-5H2,1-3H3,(H,11,12,13). The SMILES string of the molecule is CCCC(O)(C(C)C(C)O)S(=O)(=O)O. The molecule has 3 atom stereocenters. The Morgan fingerprint density at radius 2 is 1.79 bits per heavy atom. The maximum atomic E-state index is 11.0. The molecule has 0 aromatic heterocycles. The molecule has 0 rings (SSSR count). The van der Waals surface area contributed by atoms with Crippen LogP contribution in [0.2, 0.25) is 0 Å². The predicted molar refractivity (Wildman–Crippen MR) is 52.3 cm³/mol. The molecule has 5 nitrogen and oxygen atoms in total. The minimum Gasteiger partial charge on any atom is -0.393 e. The quantitative estimate of drug-likeness (QED) is 0.589. The third-order valence-electron chi connectivity index (χ3n) is 2.49. The van der Waals surface area contributed by atoms with Crippen molar-refractivity contribution in [3.05, 3.63) is 0 Å². The highest BCUT2D eigenvalue weighted by atomic mass is 32.2. The molecule has 0 aromatic carbocycles. The first kappa shape index (κ1) is 13.8. The topological polar surface area (TPSA) is 94.8 Å². The summed E-state index contributed by atoms with van der Waals surface area (Å²) < 4.78 is 30.9. The van der Waals surface area contributed by atoms with Crippen LogP contribution in [-0.4, -0.2) is 34.2 Å². The maximum Gasteiger partial charge on any atom is 0.295 e. The lowest BCUT2D eigenvalue weighted by molar-refractivity contribution is -0.0102. The van der Waals surface area contributed by atoms with E-state index in [2.05, 4.69) is 0 Å². The minimum atomic E-state index is -4.58. The summed E-state index contributed by atoms with van der Waals surface area (Å²) in [6.45, 7) is 4.44. The van der Waals surface area contributed by atoms with Crippen LogP contribution in [0.15, 0.2) is 0 Å². The summed E-state index contributed by atoms with van der Waals surface area (Å²) in [6.07, 6.45) is -0.709. The molecule has 86 valence electrons.